The lowest BCUT2D eigenvalue weighted by Crippen LogP contribution is -2.49. The third-order valence-electron chi connectivity index (χ3n) is 7.10. The summed E-state index contributed by atoms with van der Waals surface area (Å²) < 4.78 is 48.5. The molecule has 13 heteroatoms. The standard InChI is InChI=1S/C27H30F3N7O3/c1-15-5-6-17(8-24(15)37-14-23(33-34-37)21-10-31-35(3)16(21)2)26(39)32-22-9-19(27(28,29)30)7-18(25(22)40-4)11-36-12-20(38)13-36/h5-10,14,20,33-34,38H,11-13H2,1-4H3,(H,32,39). The van der Waals surface area contributed by atoms with E-state index in [1.54, 1.807) is 39.0 Å². The van der Waals surface area contributed by atoms with Crippen molar-refractivity contribution in [3.8, 4) is 5.75 Å². The second kappa shape index (κ2) is 10.5. The van der Waals surface area contributed by atoms with E-state index in [9.17, 15) is 23.1 Å². The predicted molar refractivity (Wildman–Crippen MR) is 143 cm³/mol. The number of carbonyl (C=O) groups excluding carboxylic acids is 1. The van der Waals surface area contributed by atoms with Gasteiger partial charge in [0.2, 0.25) is 0 Å². The van der Waals surface area contributed by atoms with Crippen LogP contribution in [0.25, 0.3) is 5.70 Å². The highest BCUT2D eigenvalue weighted by molar-refractivity contribution is 6.06. The minimum Gasteiger partial charge on any atom is -0.494 e. The smallest absolute Gasteiger partial charge is 0.416 e. The van der Waals surface area contributed by atoms with E-state index < -0.39 is 23.8 Å². The maximum atomic E-state index is 13.8. The molecule has 3 heterocycles. The first kappa shape index (κ1) is 27.5. The number of β-amino-alcohol motifs (C(OH)–C–C–N with tert-alkyl or cyclic N) is 1. The number of aryl methyl sites for hydroxylation is 2. The van der Waals surface area contributed by atoms with Crippen molar-refractivity contribution in [2.75, 3.05) is 30.5 Å². The van der Waals surface area contributed by atoms with E-state index in [2.05, 4.69) is 21.4 Å². The van der Waals surface area contributed by atoms with Crippen molar-refractivity contribution in [3.63, 3.8) is 0 Å². The number of aliphatic hydroxyl groups excluding tert-OH is 1. The number of methoxy groups -OCH3 is 1. The zero-order chi connectivity index (χ0) is 28.8. The van der Waals surface area contributed by atoms with Crippen molar-refractivity contribution in [1.82, 2.24) is 25.6 Å². The first-order valence-corrected chi connectivity index (χ1v) is 12.6. The average Bonchev–Trinajstić information content (AvgIpc) is 3.49. The normalized spacial score (nSPS) is 16.0. The number of anilines is 2. The molecule has 1 fully saturated rings. The van der Waals surface area contributed by atoms with E-state index in [1.807, 2.05) is 27.1 Å². The van der Waals surface area contributed by atoms with Crippen LogP contribution in [0, 0.1) is 13.8 Å². The van der Waals surface area contributed by atoms with Crippen LogP contribution in [0.4, 0.5) is 24.5 Å². The van der Waals surface area contributed by atoms with Crippen LogP contribution in [0.1, 0.15) is 38.3 Å². The van der Waals surface area contributed by atoms with Crippen molar-refractivity contribution in [2.24, 2.45) is 7.05 Å². The Labute approximate surface area is 229 Å². The molecular weight excluding hydrogens is 527 g/mol. The van der Waals surface area contributed by atoms with Gasteiger partial charge in [-0.25, -0.2) is 0 Å². The number of hydrazine groups is 2. The fraction of sp³-hybridized carbons (Fsp3) is 0.333. The molecule has 10 nitrogen and oxygen atoms in total. The molecule has 0 unspecified atom stereocenters. The van der Waals surface area contributed by atoms with Crippen LogP contribution >= 0.6 is 0 Å². The SMILES string of the molecule is COc1c(CN2CC(O)C2)cc(C(F)(F)F)cc1NC(=O)c1ccc(C)c(N2C=C(c3cnn(C)c3C)NN2)c1. The molecule has 2 aliphatic heterocycles. The number of likely N-dealkylation sites (tertiary alicyclic amines) is 1. The molecule has 3 aromatic rings. The number of aromatic nitrogens is 2. The Bertz CT molecular complexity index is 1480. The van der Waals surface area contributed by atoms with E-state index in [4.69, 9.17) is 4.74 Å². The number of rotatable bonds is 7. The highest BCUT2D eigenvalue weighted by Crippen LogP contribution is 2.39. The van der Waals surface area contributed by atoms with Gasteiger partial charge in [0.1, 0.15) is 5.75 Å². The number of halogens is 3. The van der Waals surface area contributed by atoms with Crippen LogP contribution < -0.4 is 26.0 Å². The first-order chi connectivity index (χ1) is 18.9. The number of hydrogen-bond acceptors (Lipinski definition) is 8. The molecule has 0 saturated carbocycles. The number of amides is 1. The second-order valence-electron chi connectivity index (χ2n) is 9.93. The number of nitrogens with zero attached hydrogens (tertiary/aromatic N) is 4. The van der Waals surface area contributed by atoms with Crippen molar-refractivity contribution in [1.29, 1.82) is 0 Å². The maximum absolute atomic E-state index is 13.8. The van der Waals surface area contributed by atoms with Gasteiger partial charge >= 0.3 is 6.18 Å². The van der Waals surface area contributed by atoms with Crippen LogP contribution in [0.3, 0.4) is 0 Å². The lowest BCUT2D eigenvalue weighted by molar-refractivity contribution is -0.137. The summed E-state index contributed by atoms with van der Waals surface area (Å²) in [5, 5.41) is 18.2. The highest BCUT2D eigenvalue weighted by atomic mass is 19.4. The van der Waals surface area contributed by atoms with E-state index >= 15 is 0 Å². The van der Waals surface area contributed by atoms with Gasteiger partial charge in [0, 0.05) is 55.3 Å². The number of alkyl halides is 3. The van der Waals surface area contributed by atoms with Gasteiger partial charge in [0.25, 0.3) is 5.91 Å². The zero-order valence-corrected chi connectivity index (χ0v) is 22.4. The molecule has 2 aliphatic rings. The van der Waals surface area contributed by atoms with E-state index in [0.29, 0.717) is 18.8 Å². The monoisotopic (exact) mass is 557 g/mol. The average molecular weight is 558 g/mol. The second-order valence-corrected chi connectivity index (χ2v) is 9.93. The Morgan fingerprint density at radius 1 is 1.23 bits per heavy atom. The molecule has 1 amide bonds. The van der Waals surface area contributed by atoms with Gasteiger partial charge < -0.3 is 20.6 Å². The summed E-state index contributed by atoms with van der Waals surface area (Å²) in [4.78, 5) is 15.1. The van der Waals surface area contributed by atoms with Crippen LogP contribution in [0.5, 0.6) is 5.75 Å². The molecule has 40 heavy (non-hydrogen) atoms. The minimum absolute atomic E-state index is 0.0873. The largest absolute Gasteiger partial charge is 0.494 e. The Morgan fingerprint density at radius 2 is 1.98 bits per heavy atom. The summed E-state index contributed by atoms with van der Waals surface area (Å²) in [5.74, 6) is -0.455. The molecule has 0 radical (unpaired) electrons. The van der Waals surface area contributed by atoms with E-state index in [1.165, 1.54) is 7.11 Å². The number of nitrogens with one attached hydrogen (secondary N) is 3. The summed E-state index contributed by atoms with van der Waals surface area (Å²) >= 11 is 0. The van der Waals surface area contributed by atoms with Crippen LogP contribution in [0.15, 0.2) is 42.7 Å². The van der Waals surface area contributed by atoms with Gasteiger partial charge in [0.15, 0.2) is 0 Å². The topological polar surface area (TPSA) is 107 Å². The number of aliphatic hydroxyl groups is 1. The third-order valence-corrected chi connectivity index (χ3v) is 7.10. The fourth-order valence-corrected chi connectivity index (χ4v) is 4.77. The zero-order valence-electron chi connectivity index (χ0n) is 22.4. The van der Waals surface area contributed by atoms with Gasteiger partial charge in [-0.1, -0.05) is 6.07 Å². The summed E-state index contributed by atoms with van der Waals surface area (Å²) in [6.45, 7) is 4.67. The Balaban J connectivity index is 1.43. The molecular formula is C27H30F3N7O3. The van der Waals surface area contributed by atoms with Crippen LogP contribution in [0.2, 0.25) is 0 Å². The van der Waals surface area contributed by atoms with Gasteiger partial charge in [-0.05, 0) is 43.7 Å². The fourth-order valence-electron chi connectivity index (χ4n) is 4.77. The molecule has 5 rings (SSSR count). The van der Waals surface area contributed by atoms with Crippen LogP contribution in [-0.4, -0.2) is 52.0 Å². The molecule has 212 valence electrons. The Morgan fingerprint density at radius 3 is 2.60 bits per heavy atom. The number of hydrogen-bond donors (Lipinski definition) is 4. The lowest BCUT2D eigenvalue weighted by Gasteiger charge is -2.36. The van der Waals surface area contributed by atoms with E-state index in [-0.39, 0.29) is 29.1 Å². The van der Waals surface area contributed by atoms with Gasteiger partial charge in [0.05, 0.1) is 42.0 Å². The number of benzene rings is 2. The Hall–Kier alpha value is -4.07. The van der Waals surface area contributed by atoms with Gasteiger partial charge in [-0.3, -0.25) is 19.4 Å². The predicted octanol–water partition coefficient (Wildman–Crippen LogP) is 3.32. The molecule has 0 aliphatic carbocycles. The molecule has 0 atom stereocenters. The summed E-state index contributed by atoms with van der Waals surface area (Å²) in [7, 11) is 3.19. The lowest BCUT2D eigenvalue weighted by atomic mass is 10.0. The quantitative estimate of drug-likeness (QED) is 0.351. The summed E-state index contributed by atoms with van der Waals surface area (Å²) in [5.41, 5.74) is 9.86. The molecule has 0 bridgehead atoms. The molecule has 2 aromatic carbocycles. The third kappa shape index (κ3) is 5.35. The molecule has 1 saturated heterocycles. The van der Waals surface area contributed by atoms with Crippen molar-refractivity contribution >= 4 is 23.0 Å². The molecule has 4 N–H and O–H groups in total. The molecule has 0 spiro atoms. The number of ether oxygens (including phenoxy) is 1. The first-order valence-electron chi connectivity index (χ1n) is 12.6. The van der Waals surface area contributed by atoms with Crippen molar-refractivity contribution < 1.29 is 27.8 Å². The van der Waals surface area contributed by atoms with Crippen molar-refractivity contribution in [3.05, 3.63) is 76.2 Å². The summed E-state index contributed by atoms with van der Waals surface area (Å²) in [6.07, 6.45) is -1.55. The highest BCUT2D eigenvalue weighted by Gasteiger charge is 2.34. The molecule has 1 aromatic heterocycles. The van der Waals surface area contributed by atoms with Gasteiger partial charge in [-0.2, -0.15) is 18.3 Å². The van der Waals surface area contributed by atoms with Gasteiger partial charge in [-0.15, -0.1) is 5.53 Å². The van der Waals surface area contributed by atoms with E-state index in [0.717, 1.165) is 34.7 Å². The number of carbonyl (C=O) groups is 1. The Kier molecular flexibility index (Phi) is 7.21. The minimum atomic E-state index is -4.63. The maximum Gasteiger partial charge on any atom is 0.416 e. The van der Waals surface area contributed by atoms with Crippen LogP contribution in [-0.2, 0) is 19.8 Å². The summed E-state index contributed by atoms with van der Waals surface area (Å²) in [6, 6.07) is 6.91. The van der Waals surface area contributed by atoms with Crippen molar-refractivity contribution in [2.45, 2.75) is 32.7 Å².